The number of nitrogens with one attached hydrogen (secondary N) is 2. The van der Waals surface area contributed by atoms with Crippen molar-refractivity contribution in [2.45, 2.75) is 6.42 Å². The quantitative estimate of drug-likeness (QED) is 0.776. The minimum Gasteiger partial charge on any atom is -0.314 e. The van der Waals surface area contributed by atoms with Crippen molar-refractivity contribution >= 4 is 17.6 Å². The van der Waals surface area contributed by atoms with E-state index in [0.29, 0.717) is 13.0 Å². The van der Waals surface area contributed by atoms with E-state index in [4.69, 9.17) is 0 Å². The molecule has 2 heterocycles. The molecular formula is C17H20N4O2. The lowest BCUT2D eigenvalue weighted by Gasteiger charge is -2.26. The molecule has 6 nitrogen and oxygen atoms in total. The van der Waals surface area contributed by atoms with Gasteiger partial charge in [0.2, 0.25) is 5.91 Å². The van der Waals surface area contributed by atoms with Gasteiger partial charge < -0.3 is 5.32 Å². The summed E-state index contributed by atoms with van der Waals surface area (Å²) in [7, 11) is 0. The van der Waals surface area contributed by atoms with E-state index in [-0.39, 0.29) is 11.9 Å². The van der Waals surface area contributed by atoms with Gasteiger partial charge in [0.15, 0.2) is 0 Å². The Morgan fingerprint density at radius 2 is 1.96 bits per heavy atom. The van der Waals surface area contributed by atoms with Crippen LogP contribution in [-0.4, -0.2) is 56.1 Å². The van der Waals surface area contributed by atoms with Crippen LogP contribution in [0.1, 0.15) is 12.0 Å². The third-order valence-corrected chi connectivity index (χ3v) is 3.96. The summed E-state index contributed by atoms with van der Waals surface area (Å²) in [6.07, 6.45) is 0.324. The topological polar surface area (TPSA) is 64.7 Å². The largest absolute Gasteiger partial charge is 0.328 e. The van der Waals surface area contributed by atoms with Crippen molar-refractivity contribution in [3.63, 3.8) is 0 Å². The number of benzene rings is 1. The molecule has 2 aliphatic heterocycles. The molecule has 2 saturated heterocycles. The number of piperazine rings is 1. The lowest BCUT2D eigenvalue weighted by molar-refractivity contribution is -0.120. The molecule has 6 heteroatoms. The number of carbonyl (C=O) groups is 2. The molecule has 0 saturated carbocycles. The van der Waals surface area contributed by atoms with Crippen LogP contribution in [-0.2, 0) is 4.79 Å². The number of anilines is 1. The molecule has 0 bridgehead atoms. The molecule has 0 spiro atoms. The van der Waals surface area contributed by atoms with Gasteiger partial charge in [0.25, 0.3) is 0 Å². The summed E-state index contributed by atoms with van der Waals surface area (Å²) in [5, 5.41) is 5.65. The number of nitrogens with zero attached hydrogens (tertiary/aromatic N) is 2. The first-order valence-electron chi connectivity index (χ1n) is 7.86. The third kappa shape index (κ3) is 4.09. The molecule has 0 aromatic heterocycles. The minimum absolute atomic E-state index is 0.224. The molecule has 2 N–H and O–H groups in total. The van der Waals surface area contributed by atoms with Crippen LogP contribution in [0.3, 0.4) is 0 Å². The number of hydrogen-bond acceptors (Lipinski definition) is 4. The van der Waals surface area contributed by atoms with Crippen LogP contribution in [0.4, 0.5) is 10.5 Å². The molecule has 0 radical (unpaired) electrons. The Morgan fingerprint density at radius 3 is 2.74 bits per heavy atom. The Labute approximate surface area is 135 Å². The van der Waals surface area contributed by atoms with Crippen molar-refractivity contribution in [3.8, 4) is 11.8 Å². The fraction of sp³-hybridized carbons (Fsp3) is 0.412. The Bertz CT molecular complexity index is 656. The van der Waals surface area contributed by atoms with Gasteiger partial charge in [-0.2, -0.15) is 0 Å². The summed E-state index contributed by atoms with van der Waals surface area (Å²) in [5.74, 6) is 6.13. The second kappa shape index (κ2) is 7.27. The van der Waals surface area contributed by atoms with Crippen molar-refractivity contribution in [2.75, 3.05) is 44.2 Å². The summed E-state index contributed by atoms with van der Waals surface area (Å²) >= 11 is 0. The monoisotopic (exact) mass is 312 g/mol. The third-order valence-electron chi connectivity index (χ3n) is 3.96. The molecule has 1 aromatic rings. The highest BCUT2D eigenvalue weighted by molar-refractivity contribution is 6.05. The van der Waals surface area contributed by atoms with E-state index in [2.05, 4.69) is 27.4 Å². The first kappa shape index (κ1) is 15.5. The van der Waals surface area contributed by atoms with Crippen molar-refractivity contribution < 1.29 is 9.59 Å². The summed E-state index contributed by atoms with van der Waals surface area (Å²) in [6, 6.07) is 7.19. The van der Waals surface area contributed by atoms with Crippen LogP contribution in [0.25, 0.3) is 0 Å². The van der Waals surface area contributed by atoms with Crippen molar-refractivity contribution in [3.05, 3.63) is 29.8 Å². The number of carbonyl (C=O) groups excluding carboxylic acids is 2. The van der Waals surface area contributed by atoms with Gasteiger partial charge in [0, 0.05) is 50.4 Å². The first-order valence-corrected chi connectivity index (χ1v) is 7.86. The second-order valence-corrected chi connectivity index (χ2v) is 5.63. The van der Waals surface area contributed by atoms with Gasteiger partial charge in [-0.25, -0.2) is 4.79 Å². The standard InChI is InChI=1S/C17H20N4O2/c22-16-6-10-21(17(23)19-16)15-5-1-3-14(13-15)4-2-9-20-11-7-18-8-12-20/h1,3,5,13,18H,6-12H2,(H,19,22,23). The van der Waals surface area contributed by atoms with Gasteiger partial charge in [0.05, 0.1) is 6.54 Å². The number of hydrogen-bond donors (Lipinski definition) is 2. The molecule has 2 fully saturated rings. The van der Waals surface area contributed by atoms with Gasteiger partial charge in [-0.1, -0.05) is 17.9 Å². The first-order chi connectivity index (χ1) is 11.2. The predicted octanol–water partition coefficient (Wildman–Crippen LogP) is 0.390. The average molecular weight is 312 g/mol. The second-order valence-electron chi connectivity index (χ2n) is 5.63. The highest BCUT2D eigenvalue weighted by Crippen LogP contribution is 2.18. The molecule has 0 aliphatic carbocycles. The fourth-order valence-electron chi connectivity index (χ4n) is 2.68. The highest BCUT2D eigenvalue weighted by Gasteiger charge is 2.24. The Balaban J connectivity index is 1.65. The van der Waals surface area contributed by atoms with Gasteiger partial charge in [0.1, 0.15) is 0 Å². The Morgan fingerprint density at radius 1 is 1.13 bits per heavy atom. The zero-order valence-corrected chi connectivity index (χ0v) is 13.0. The summed E-state index contributed by atoms with van der Waals surface area (Å²) in [5.41, 5.74) is 1.64. The molecule has 1 aromatic carbocycles. The summed E-state index contributed by atoms with van der Waals surface area (Å²) in [4.78, 5) is 27.0. The normalized spacial score (nSPS) is 19.0. The van der Waals surface area contributed by atoms with E-state index in [1.165, 1.54) is 0 Å². The number of rotatable bonds is 2. The minimum atomic E-state index is -0.368. The van der Waals surface area contributed by atoms with Gasteiger partial charge in [-0.05, 0) is 18.2 Å². The van der Waals surface area contributed by atoms with Crippen LogP contribution in [0.5, 0.6) is 0 Å². The molecule has 3 amide bonds. The van der Waals surface area contributed by atoms with Gasteiger partial charge in [-0.15, -0.1) is 0 Å². The lowest BCUT2D eigenvalue weighted by atomic mass is 10.1. The van der Waals surface area contributed by atoms with Crippen LogP contribution in [0.2, 0.25) is 0 Å². The Hall–Kier alpha value is -2.36. The van der Waals surface area contributed by atoms with Crippen molar-refractivity contribution in [1.82, 2.24) is 15.5 Å². The molecule has 120 valence electrons. The SMILES string of the molecule is O=C1CCN(c2cccc(C#CCN3CCNCC3)c2)C(=O)N1. The van der Waals surface area contributed by atoms with Gasteiger partial charge in [-0.3, -0.25) is 19.9 Å². The smallest absolute Gasteiger partial charge is 0.314 e. The molecule has 0 atom stereocenters. The van der Waals surface area contributed by atoms with Crippen LogP contribution in [0, 0.1) is 11.8 Å². The van der Waals surface area contributed by atoms with Crippen LogP contribution in [0.15, 0.2) is 24.3 Å². The Kier molecular flexibility index (Phi) is 4.91. The van der Waals surface area contributed by atoms with E-state index >= 15 is 0 Å². The lowest BCUT2D eigenvalue weighted by Crippen LogP contribution is -2.49. The van der Waals surface area contributed by atoms with Crippen LogP contribution < -0.4 is 15.5 Å². The predicted molar refractivity (Wildman–Crippen MR) is 88.1 cm³/mol. The summed E-state index contributed by atoms with van der Waals surface area (Å²) in [6.45, 7) is 5.24. The maximum Gasteiger partial charge on any atom is 0.328 e. The van der Waals surface area contributed by atoms with E-state index < -0.39 is 0 Å². The molecule has 0 unspecified atom stereocenters. The average Bonchev–Trinajstić information content (AvgIpc) is 2.56. The van der Waals surface area contributed by atoms with Crippen LogP contribution >= 0.6 is 0 Å². The summed E-state index contributed by atoms with van der Waals surface area (Å²) < 4.78 is 0. The molecule has 23 heavy (non-hydrogen) atoms. The maximum absolute atomic E-state index is 11.9. The highest BCUT2D eigenvalue weighted by atomic mass is 16.2. The fourth-order valence-corrected chi connectivity index (χ4v) is 2.68. The number of amides is 3. The van der Waals surface area contributed by atoms with E-state index in [0.717, 1.165) is 44.0 Å². The van der Waals surface area contributed by atoms with Crippen molar-refractivity contribution in [2.24, 2.45) is 0 Å². The zero-order chi connectivity index (χ0) is 16.1. The number of urea groups is 1. The number of imide groups is 1. The molecule has 2 aliphatic rings. The van der Waals surface area contributed by atoms with E-state index in [9.17, 15) is 9.59 Å². The van der Waals surface area contributed by atoms with E-state index in [1.807, 2.05) is 24.3 Å². The zero-order valence-electron chi connectivity index (χ0n) is 13.0. The molecule has 3 rings (SSSR count). The maximum atomic E-state index is 11.9. The van der Waals surface area contributed by atoms with E-state index in [1.54, 1.807) is 4.90 Å². The van der Waals surface area contributed by atoms with Crippen molar-refractivity contribution in [1.29, 1.82) is 0 Å². The molecular weight excluding hydrogens is 292 g/mol. The van der Waals surface area contributed by atoms with Gasteiger partial charge >= 0.3 is 6.03 Å².